The standard InChI is InChI=1S/C17H23ClN2O3S/c1-2-15(13-3-5-14(18)6-4-13)19-16(21)11-24-12-17(22)20-7-9-23-10-8-20/h3-6,15H,2,7-12H2,1H3,(H,19,21). The van der Waals surface area contributed by atoms with Crippen molar-refractivity contribution in [3.8, 4) is 0 Å². The zero-order valence-electron chi connectivity index (χ0n) is 13.8. The number of benzene rings is 1. The van der Waals surface area contributed by atoms with E-state index < -0.39 is 0 Å². The molecule has 0 aliphatic carbocycles. The highest BCUT2D eigenvalue weighted by atomic mass is 35.5. The Bertz CT molecular complexity index is 547. The predicted octanol–water partition coefficient (Wildman–Crippen LogP) is 2.50. The molecule has 2 rings (SSSR count). The van der Waals surface area contributed by atoms with Crippen LogP contribution in [0.3, 0.4) is 0 Å². The first kappa shape index (κ1) is 19.1. The van der Waals surface area contributed by atoms with Gasteiger partial charge in [-0.1, -0.05) is 30.7 Å². The number of hydrogen-bond donors (Lipinski definition) is 1. The molecule has 0 radical (unpaired) electrons. The molecular weight excluding hydrogens is 348 g/mol. The molecule has 1 aliphatic rings. The van der Waals surface area contributed by atoms with E-state index >= 15 is 0 Å². The number of halogens is 1. The lowest BCUT2D eigenvalue weighted by molar-refractivity contribution is -0.132. The molecule has 0 bridgehead atoms. The largest absolute Gasteiger partial charge is 0.378 e. The predicted molar refractivity (Wildman–Crippen MR) is 97.4 cm³/mol. The van der Waals surface area contributed by atoms with E-state index in [0.717, 1.165) is 12.0 Å². The zero-order valence-corrected chi connectivity index (χ0v) is 15.4. The van der Waals surface area contributed by atoms with Crippen molar-refractivity contribution in [2.75, 3.05) is 37.8 Å². The van der Waals surface area contributed by atoms with Crippen LogP contribution in [0.1, 0.15) is 24.9 Å². The van der Waals surface area contributed by atoms with Gasteiger partial charge < -0.3 is 15.0 Å². The number of carbonyl (C=O) groups excluding carboxylic acids is 2. The van der Waals surface area contributed by atoms with Crippen molar-refractivity contribution in [1.29, 1.82) is 0 Å². The summed E-state index contributed by atoms with van der Waals surface area (Å²) < 4.78 is 5.22. The molecule has 1 N–H and O–H groups in total. The van der Waals surface area contributed by atoms with Gasteiger partial charge in [-0.25, -0.2) is 0 Å². The first-order valence-corrected chi connectivity index (χ1v) is 9.61. The summed E-state index contributed by atoms with van der Waals surface area (Å²) in [6, 6.07) is 7.45. The summed E-state index contributed by atoms with van der Waals surface area (Å²) in [5.74, 6) is 0.614. The fraction of sp³-hybridized carbons (Fsp3) is 0.529. The van der Waals surface area contributed by atoms with Crippen LogP contribution in [0, 0.1) is 0 Å². The number of hydrogen-bond acceptors (Lipinski definition) is 4. The lowest BCUT2D eigenvalue weighted by Gasteiger charge is -2.26. The fourth-order valence-electron chi connectivity index (χ4n) is 2.49. The summed E-state index contributed by atoms with van der Waals surface area (Å²) in [6.07, 6.45) is 0.796. The quantitative estimate of drug-likeness (QED) is 0.801. The van der Waals surface area contributed by atoms with Crippen LogP contribution in [-0.2, 0) is 14.3 Å². The van der Waals surface area contributed by atoms with Crippen LogP contribution in [0.4, 0.5) is 0 Å². The topological polar surface area (TPSA) is 58.6 Å². The maximum absolute atomic E-state index is 12.1. The second kappa shape index (κ2) is 9.91. The number of carbonyl (C=O) groups is 2. The lowest BCUT2D eigenvalue weighted by atomic mass is 10.0. The van der Waals surface area contributed by atoms with E-state index in [2.05, 4.69) is 5.32 Å². The highest BCUT2D eigenvalue weighted by molar-refractivity contribution is 8.00. The summed E-state index contributed by atoms with van der Waals surface area (Å²) in [5.41, 5.74) is 1.03. The number of rotatable bonds is 7. The molecule has 1 aliphatic heterocycles. The minimum atomic E-state index is -0.0587. The third-order valence-corrected chi connectivity index (χ3v) is 5.01. The third-order valence-electron chi connectivity index (χ3n) is 3.84. The lowest BCUT2D eigenvalue weighted by Crippen LogP contribution is -2.41. The van der Waals surface area contributed by atoms with Crippen LogP contribution in [0.2, 0.25) is 5.02 Å². The van der Waals surface area contributed by atoms with Gasteiger partial charge in [0.1, 0.15) is 0 Å². The Labute approximate surface area is 152 Å². The summed E-state index contributed by atoms with van der Waals surface area (Å²) in [7, 11) is 0. The maximum Gasteiger partial charge on any atom is 0.232 e. The molecular formula is C17H23ClN2O3S. The Hall–Kier alpha value is -1.24. The molecule has 1 aromatic carbocycles. The molecule has 1 fully saturated rings. The fourth-order valence-corrected chi connectivity index (χ4v) is 3.34. The highest BCUT2D eigenvalue weighted by Crippen LogP contribution is 2.19. The summed E-state index contributed by atoms with van der Waals surface area (Å²) in [6.45, 7) is 4.49. The minimum Gasteiger partial charge on any atom is -0.378 e. The van der Waals surface area contributed by atoms with E-state index in [1.54, 1.807) is 4.90 Å². The number of amides is 2. The van der Waals surface area contributed by atoms with Gasteiger partial charge in [-0.2, -0.15) is 0 Å². The Kier molecular flexibility index (Phi) is 7.88. The minimum absolute atomic E-state index is 0.0367. The van der Waals surface area contributed by atoms with Crippen molar-refractivity contribution in [2.24, 2.45) is 0 Å². The normalized spacial score (nSPS) is 15.8. The molecule has 1 atom stereocenters. The summed E-state index contributed by atoms with van der Waals surface area (Å²) in [5, 5.41) is 3.69. The molecule has 24 heavy (non-hydrogen) atoms. The van der Waals surface area contributed by atoms with E-state index in [-0.39, 0.29) is 23.6 Å². The Morgan fingerprint density at radius 3 is 2.54 bits per heavy atom. The molecule has 0 aromatic heterocycles. The van der Waals surface area contributed by atoms with Gasteiger partial charge >= 0.3 is 0 Å². The van der Waals surface area contributed by atoms with Gasteiger partial charge in [-0.3, -0.25) is 9.59 Å². The van der Waals surface area contributed by atoms with Crippen LogP contribution in [0.5, 0.6) is 0 Å². The van der Waals surface area contributed by atoms with Crippen LogP contribution < -0.4 is 5.32 Å². The van der Waals surface area contributed by atoms with Crippen LogP contribution >= 0.6 is 23.4 Å². The smallest absolute Gasteiger partial charge is 0.232 e. The third kappa shape index (κ3) is 6.00. The van der Waals surface area contributed by atoms with E-state index in [9.17, 15) is 9.59 Å². The van der Waals surface area contributed by atoms with Gasteiger partial charge in [0.05, 0.1) is 30.8 Å². The number of nitrogens with zero attached hydrogens (tertiary/aromatic N) is 1. The van der Waals surface area contributed by atoms with E-state index in [1.807, 2.05) is 31.2 Å². The Balaban J connectivity index is 1.73. The van der Waals surface area contributed by atoms with Crippen LogP contribution in [-0.4, -0.2) is 54.5 Å². The first-order chi connectivity index (χ1) is 11.6. The molecule has 1 unspecified atom stereocenters. The van der Waals surface area contributed by atoms with Crippen molar-refractivity contribution >= 4 is 35.2 Å². The van der Waals surface area contributed by atoms with E-state index in [4.69, 9.17) is 16.3 Å². The molecule has 1 heterocycles. The number of ether oxygens (including phenoxy) is 1. The molecule has 0 spiro atoms. The number of morpholine rings is 1. The first-order valence-electron chi connectivity index (χ1n) is 8.08. The second-order valence-electron chi connectivity index (χ2n) is 5.57. The van der Waals surface area contributed by atoms with Gasteiger partial charge in [0.2, 0.25) is 11.8 Å². The van der Waals surface area contributed by atoms with Gasteiger partial charge in [0, 0.05) is 18.1 Å². The number of thioether (sulfide) groups is 1. The zero-order chi connectivity index (χ0) is 17.4. The molecule has 1 aromatic rings. The molecule has 132 valence electrons. The summed E-state index contributed by atoms with van der Waals surface area (Å²) >= 11 is 7.24. The summed E-state index contributed by atoms with van der Waals surface area (Å²) in [4.78, 5) is 25.9. The van der Waals surface area contributed by atoms with Crippen LogP contribution in [0.15, 0.2) is 24.3 Å². The van der Waals surface area contributed by atoms with Crippen molar-refractivity contribution in [3.63, 3.8) is 0 Å². The average Bonchev–Trinajstić information content (AvgIpc) is 2.61. The number of nitrogens with one attached hydrogen (secondary N) is 1. The van der Waals surface area contributed by atoms with E-state index in [1.165, 1.54) is 11.8 Å². The van der Waals surface area contributed by atoms with Gasteiger partial charge in [0.15, 0.2) is 0 Å². The SMILES string of the molecule is CCC(NC(=O)CSCC(=O)N1CCOCC1)c1ccc(Cl)cc1. The van der Waals surface area contributed by atoms with Gasteiger partial charge in [0.25, 0.3) is 0 Å². The average molecular weight is 371 g/mol. The second-order valence-corrected chi connectivity index (χ2v) is 6.99. The van der Waals surface area contributed by atoms with Crippen molar-refractivity contribution < 1.29 is 14.3 Å². The highest BCUT2D eigenvalue weighted by Gasteiger charge is 2.18. The van der Waals surface area contributed by atoms with Crippen molar-refractivity contribution in [3.05, 3.63) is 34.9 Å². The molecule has 0 saturated carbocycles. The van der Waals surface area contributed by atoms with Gasteiger partial charge in [-0.05, 0) is 24.1 Å². The van der Waals surface area contributed by atoms with Crippen LogP contribution in [0.25, 0.3) is 0 Å². The molecule has 2 amide bonds. The monoisotopic (exact) mass is 370 g/mol. The molecule has 1 saturated heterocycles. The van der Waals surface area contributed by atoms with E-state index in [0.29, 0.717) is 37.1 Å². The molecule has 5 nitrogen and oxygen atoms in total. The van der Waals surface area contributed by atoms with Crippen molar-refractivity contribution in [1.82, 2.24) is 10.2 Å². The Morgan fingerprint density at radius 2 is 1.92 bits per heavy atom. The molecule has 7 heteroatoms. The van der Waals surface area contributed by atoms with Gasteiger partial charge in [-0.15, -0.1) is 11.8 Å². The Morgan fingerprint density at radius 1 is 1.25 bits per heavy atom. The maximum atomic E-state index is 12.1. The van der Waals surface area contributed by atoms with Crippen molar-refractivity contribution in [2.45, 2.75) is 19.4 Å².